The van der Waals surface area contributed by atoms with Crippen LogP contribution < -0.4 is 10.1 Å². The van der Waals surface area contributed by atoms with Gasteiger partial charge in [-0.1, -0.05) is 6.92 Å². The van der Waals surface area contributed by atoms with Gasteiger partial charge >= 0.3 is 5.97 Å². The van der Waals surface area contributed by atoms with E-state index in [-0.39, 0.29) is 23.5 Å². The molecule has 0 bridgehead atoms. The number of hydrogen-bond acceptors (Lipinski definition) is 3. The third-order valence-electron chi connectivity index (χ3n) is 3.59. The Kier molecular flexibility index (Phi) is 4.50. The van der Waals surface area contributed by atoms with Gasteiger partial charge in [-0.05, 0) is 50.8 Å². The zero-order valence-corrected chi connectivity index (χ0v) is 12.6. The van der Waals surface area contributed by atoms with Crippen LogP contribution in [0.2, 0.25) is 0 Å². The highest BCUT2D eigenvalue weighted by molar-refractivity contribution is 5.96. The molecule has 0 spiro atoms. The van der Waals surface area contributed by atoms with Gasteiger partial charge in [0.25, 0.3) is 0 Å². The smallest absolute Gasteiger partial charge is 0.335 e. The van der Waals surface area contributed by atoms with Crippen molar-refractivity contribution in [3.05, 3.63) is 23.8 Å². The molecule has 2 N–H and O–H groups in total. The van der Waals surface area contributed by atoms with Gasteiger partial charge < -0.3 is 15.2 Å². The number of ether oxygens (including phenoxy) is 1. The van der Waals surface area contributed by atoms with Gasteiger partial charge in [-0.25, -0.2) is 4.79 Å². The first-order valence-corrected chi connectivity index (χ1v) is 7.23. The zero-order valence-electron chi connectivity index (χ0n) is 12.6. The predicted molar refractivity (Wildman–Crippen MR) is 79.7 cm³/mol. The third-order valence-corrected chi connectivity index (χ3v) is 3.59. The van der Waals surface area contributed by atoms with Gasteiger partial charge in [0.05, 0.1) is 17.4 Å². The molecule has 1 aromatic carbocycles. The van der Waals surface area contributed by atoms with E-state index in [0.29, 0.717) is 17.4 Å². The second-order valence-electron chi connectivity index (χ2n) is 5.80. The van der Waals surface area contributed by atoms with Gasteiger partial charge in [0.2, 0.25) is 5.91 Å². The Morgan fingerprint density at radius 3 is 2.48 bits per heavy atom. The van der Waals surface area contributed by atoms with Crippen LogP contribution in [-0.4, -0.2) is 23.1 Å². The minimum atomic E-state index is -1.03. The molecule has 1 fully saturated rings. The molecule has 0 aromatic heterocycles. The highest BCUT2D eigenvalue weighted by Crippen LogP contribution is 2.37. The van der Waals surface area contributed by atoms with E-state index in [1.807, 2.05) is 20.8 Å². The number of carbonyl (C=O) groups excluding carboxylic acids is 1. The van der Waals surface area contributed by atoms with E-state index < -0.39 is 5.97 Å². The van der Waals surface area contributed by atoms with E-state index in [1.54, 1.807) is 6.07 Å². The molecule has 0 heterocycles. The summed E-state index contributed by atoms with van der Waals surface area (Å²) in [6, 6.07) is 4.50. The van der Waals surface area contributed by atoms with Gasteiger partial charge in [-0.3, -0.25) is 4.79 Å². The normalized spacial score (nSPS) is 15.6. The van der Waals surface area contributed by atoms with Gasteiger partial charge in [0, 0.05) is 5.92 Å². The SMILES string of the molecule is CC(C)Oc1ccc(C(=O)O)cc1NC(=O)C(C)C1CC1. The van der Waals surface area contributed by atoms with Crippen LogP contribution in [0.1, 0.15) is 44.0 Å². The molecule has 1 atom stereocenters. The van der Waals surface area contributed by atoms with E-state index in [4.69, 9.17) is 9.84 Å². The molecule has 1 saturated carbocycles. The molecule has 5 heteroatoms. The summed E-state index contributed by atoms with van der Waals surface area (Å²) < 4.78 is 5.63. The van der Waals surface area contributed by atoms with Crippen LogP contribution in [0.5, 0.6) is 5.75 Å². The largest absolute Gasteiger partial charge is 0.489 e. The Balaban J connectivity index is 2.22. The van der Waals surface area contributed by atoms with Crippen LogP contribution in [0.25, 0.3) is 0 Å². The lowest BCUT2D eigenvalue weighted by molar-refractivity contribution is -0.119. The van der Waals surface area contributed by atoms with Crippen LogP contribution >= 0.6 is 0 Å². The van der Waals surface area contributed by atoms with Crippen molar-refractivity contribution in [3.8, 4) is 5.75 Å². The molecular weight excluding hydrogens is 270 g/mol. The van der Waals surface area contributed by atoms with Crippen LogP contribution in [0.3, 0.4) is 0 Å². The first kappa shape index (κ1) is 15.4. The average Bonchev–Trinajstić information content (AvgIpc) is 3.23. The summed E-state index contributed by atoms with van der Waals surface area (Å²) in [5.41, 5.74) is 0.543. The summed E-state index contributed by atoms with van der Waals surface area (Å²) in [6.07, 6.45) is 2.11. The molecule has 1 aliphatic rings. The Morgan fingerprint density at radius 2 is 1.95 bits per heavy atom. The van der Waals surface area contributed by atoms with Crippen molar-refractivity contribution < 1.29 is 19.4 Å². The first-order valence-electron chi connectivity index (χ1n) is 7.23. The molecule has 114 valence electrons. The minimum Gasteiger partial charge on any atom is -0.489 e. The van der Waals surface area contributed by atoms with E-state index in [0.717, 1.165) is 12.8 Å². The summed E-state index contributed by atoms with van der Waals surface area (Å²) in [7, 11) is 0. The Hall–Kier alpha value is -2.04. The third kappa shape index (κ3) is 3.97. The summed E-state index contributed by atoms with van der Waals surface area (Å²) in [5.74, 6) is -0.246. The second-order valence-corrected chi connectivity index (χ2v) is 5.80. The number of anilines is 1. The van der Waals surface area contributed by atoms with Crippen molar-refractivity contribution >= 4 is 17.6 Å². The Labute approximate surface area is 124 Å². The number of carboxylic acid groups (broad SMARTS) is 1. The second kappa shape index (κ2) is 6.16. The summed E-state index contributed by atoms with van der Waals surface area (Å²) >= 11 is 0. The Bertz CT molecular complexity index is 549. The lowest BCUT2D eigenvalue weighted by Gasteiger charge is -2.17. The molecule has 0 saturated heterocycles. The van der Waals surface area contributed by atoms with E-state index >= 15 is 0 Å². The molecular formula is C16H21NO4. The summed E-state index contributed by atoms with van der Waals surface area (Å²) in [5, 5.41) is 11.9. The maximum absolute atomic E-state index is 12.2. The number of hydrogen-bond donors (Lipinski definition) is 2. The highest BCUT2D eigenvalue weighted by Gasteiger charge is 2.33. The number of rotatable bonds is 6. The maximum atomic E-state index is 12.2. The molecule has 1 unspecified atom stereocenters. The minimum absolute atomic E-state index is 0.0582. The number of carbonyl (C=O) groups is 2. The zero-order chi connectivity index (χ0) is 15.6. The molecule has 0 aliphatic heterocycles. The van der Waals surface area contributed by atoms with Crippen LogP contribution in [0.4, 0.5) is 5.69 Å². The number of aromatic carboxylic acids is 1. The summed E-state index contributed by atoms with van der Waals surface area (Å²) in [4.78, 5) is 23.3. The fourth-order valence-corrected chi connectivity index (χ4v) is 2.17. The molecule has 0 radical (unpaired) electrons. The van der Waals surface area contributed by atoms with Crippen LogP contribution in [0.15, 0.2) is 18.2 Å². The Morgan fingerprint density at radius 1 is 1.29 bits per heavy atom. The van der Waals surface area contributed by atoms with E-state index in [9.17, 15) is 9.59 Å². The quantitative estimate of drug-likeness (QED) is 0.844. The number of carboxylic acids is 1. The summed E-state index contributed by atoms with van der Waals surface area (Å²) in [6.45, 7) is 5.66. The monoisotopic (exact) mass is 291 g/mol. The van der Waals surface area contributed by atoms with Crippen molar-refractivity contribution in [3.63, 3.8) is 0 Å². The number of nitrogens with one attached hydrogen (secondary N) is 1. The first-order chi connectivity index (χ1) is 9.88. The van der Waals surface area contributed by atoms with Gasteiger partial charge in [0.1, 0.15) is 5.75 Å². The fourth-order valence-electron chi connectivity index (χ4n) is 2.17. The van der Waals surface area contributed by atoms with E-state index in [1.165, 1.54) is 12.1 Å². The van der Waals surface area contributed by atoms with Gasteiger partial charge in [0.15, 0.2) is 0 Å². The van der Waals surface area contributed by atoms with Crippen LogP contribution in [0, 0.1) is 11.8 Å². The van der Waals surface area contributed by atoms with Crippen molar-refractivity contribution in [2.24, 2.45) is 11.8 Å². The molecule has 1 aliphatic carbocycles. The molecule has 5 nitrogen and oxygen atoms in total. The fraction of sp³-hybridized carbons (Fsp3) is 0.500. The van der Waals surface area contributed by atoms with Crippen molar-refractivity contribution in [2.75, 3.05) is 5.32 Å². The lowest BCUT2D eigenvalue weighted by Crippen LogP contribution is -2.22. The standard InChI is InChI=1S/C16H21NO4/c1-9(2)21-14-7-6-12(16(19)20)8-13(14)17-15(18)10(3)11-4-5-11/h6-11H,4-5H2,1-3H3,(H,17,18)(H,19,20). The van der Waals surface area contributed by atoms with Gasteiger partial charge in [-0.2, -0.15) is 0 Å². The topological polar surface area (TPSA) is 75.6 Å². The number of benzene rings is 1. The lowest BCUT2D eigenvalue weighted by atomic mass is 10.1. The van der Waals surface area contributed by atoms with Crippen molar-refractivity contribution in [2.45, 2.75) is 39.7 Å². The predicted octanol–water partition coefficient (Wildman–Crippen LogP) is 3.16. The number of amides is 1. The molecule has 1 aromatic rings. The average molecular weight is 291 g/mol. The van der Waals surface area contributed by atoms with Crippen molar-refractivity contribution in [1.82, 2.24) is 0 Å². The highest BCUT2D eigenvalue weighted by atomic mass is 16.5. The maximum Gasteiger partial charge on any atom is 0.335 e. The van der Waals surface area contributed by atoms with Crippen LogP contribution in [-0.2, 0) is 4.79 Å². The molecule has 21 heavy (non-hydrogen) atoms. The molecule has 2 rings (SSSR count). The molecule has 1 amide bonds. The van der Waals surface area contributed by atoms with Gasteiger partial charge in [-0.15, -0.1) is 0 Å². The van der Waals surface area contributed by atoms with Crippen molar-refractivity contribution in [1.29, 1.82) is 0 Å². The van der Waals surface area contributed by atoms with E-state index in [2.05, 4.69) is 5.32 Å².